The largest absolute Gasteiger partial charge is 0.316 e. The molecule has 0 spiro atoms. The van der Waals surface area contributed by atoms with Crippen LogP contribution in [0.2, 0.25) is 0 Å². The first-order valence-corrected chi connectivity index (χ1v) is 4.49. The molecule has 1 N–H and O–H groups in total. The molecule has 0 bridgehead atoms. The van der Waals surface area contributed by atoms with Gasteiger partial charge in [0, 0.05) is 0 Å². The minimum Gasteiger partial charge on any atom is -0.316 e. The Bertz CT molecular complexity index is 87.6. The van der Waals surface area contributed by atoms with Gasteiger partial charge in [-0.05, 0) is 44.2 Å². The second kappa shape index (κ2) is 5.84. The first kappa shape index (κ1) is 11.2. The molecule has 1 aliphatic heterocycles. The van der Waals surface area contributed by atoms with E-state index in [4.69, 9.17) is 0 Å². The number of piperidine rings is 1. The van der Waals surface area contributed by atoms with Crippen LogP contribution in [0.3, 0.4) is 0 Å². The molecule has 0 radical (unpaired) electrons. The van der Waals surface area contributed by atoms with Crippen molar-refractivity contribution in [1.82, 2.24) is 5.32 Å². The molecule has 0 saturated carbocycles. The zero-order chi connectivity index (χ0) is 7.40. The van der Waals surface area contributed by atoms with E-state index in [1.165, 1.54) is 32.4 Å². The highest BCUT2D eigenvalue weighted by atomic mass is 35.5. The molecule has 11 heavy (non-hydrogen) atoms. The Morgan fingerprint density at radius 2 is 2.18 bits per heavy atom. The van der Waals surface area contributed by atoms with Crippen LogP contribution in [0.15, 0.2) is 0 Å². The lowest BCUT2D eigenvalue weighted by Gasteiger charge is -2.23. The van der Waals surface area contributed by atoms with E-state index in [1.807, 2.05) is 0 Å². The summed E-state index contributed by atoms with van der Waals surface area (Å²) in [5.74, 6) is 1.85. The Morgan fingerprint density at radius 3 is 2.64 bits per heavy atom. The Hall–Kier alpha value is 0.250. The van der Waals surface area contributed by atoms with E-state index in [0.29, 0.717) is 0 Å². The van der Waals surface area contributed by atoms with E-state index in [2.05, 4.69) is 19.2 Å². The van der Waals surface area contributed by atoms with Gasteiger partial charge >= 0.3 is 0 Å². The average Bonchev–Trinajstić information content (AvgIpc) is 1.88. The first-order valence-electron chi connectivity index (χ1n) is 4.49. The SMILES string of the molecule is CC(C)CC1CCCNC1.Cl. The monoisotopic (exact) mass is 177 g/mol. The number of hydrogen-bond donors (Lipinski definition) is 1. The predicted octanol–water partition coefficient (Wildman–Crippen LogP) is 2.45. The van der Waals surface area contributed by atoms with Crippen molar-refractivity contribution in [2.45, 2.75) is 33.1 Å². The number of hydrogen-bond acceptors (Lipinski definition) is 1. The summed E-state index contributed by atoms with van der Waals surface area (Å²) in [7, 11) is 0. The van der Waals surface area contributed by atoms with Crippen LogP contribution in [0.25, 0.3) is 0 Å². The van der Waals surface area contributed by atoms with Gasteiger partial charge in [0.15, 0.2) is 0 Å². The minimum atomic E-state index is 0. The third kappa shape index (κ3) is 4.65. The fourth-order valence-corrected chi connectivity index (χ4v) is 1.79. The molecule has 1 aliphatic rings. The van der Waals surface area contributed by atoms with Crippen LogP contribution >= 0.6 is 12.4 Å². The predicted molar refractivity (Wildman–Crippen MR) is 52.3 cm³/mol. The molecule has 1 fully saturated rings. The van der Waals surface area contributed by atoms with Gasteiger partial charge < -0.3 is 5.32 Å². The second-order valence-electron chi connectivity index (χ2n) is 3.84. The number of halogens is 1. The molecular weight excluding hydrogens is 158 g/mol. The van der Waals surface area contributed by atoms with Crippen molar-refractivity contribution in [3.8, 4) is 0 Å². The van der Waals surface area contributed by atoms with E-state index in [1.54, 1.807) is 0 Å². The third-order valence-corrected chi connectivity index (χ3v) is 2.20. The molecule has 1 rings (SSSR count). The summed E-state index contributed by atoms with van der Waals surface area (Å²) in [5.41, 5.74) is 0. The lowest BCUT2D eigenvalue weighted by Crippen LogP contribution is -2.30. The van der Waals surface area contributed by atoms with Crippen LogP contribution in [0, 0.1) is 11.8 Å². The molecule has 68 valence electrons. The van der Waals surface area contributed by atoms with Crippen molar-refractivity contribution >= 4 is 12.4 Å². The summed E-state index contributed by atoms with van der Waals surface area (Å²) < 4.78 is 0. The molecule has 1 unspecified atom stereocenters. The van der Waals surface area contributed by atoms with Gasteiger partial charge in [-0.1, -0.05) is 13.8 Å². The van der Waals surface area contributed by atoms with Gasteiger partial charge in [0.1, 0.15) is 0 Å². The van der Waals surface area contributed by atoms with Gasteiger partial charge in [-0.3, -0.25) is 0 Å². The lowest BCUT2D eigenvalue weighted by molar-refractivity contribution is 0.322. The van der Waals surface area contributed by atoms with Crippen molar-refractivity contribution in [2.24, 2.45) is 11.8 Å². The summed E-state index contributed by atoms with van der Waals surface area (Å²) in [6, 6.07) is 0. The molecule has 0 aromatic heterocycles. The maximum absolute atomic E-state index is 3.44. The topological polar surface area (TPSA) is 12.0 Å². The van der Waals surface area contributed by atoms with E-state index < -0.39 is 0 Å². The molecule has 0 amide bonds. The molecule has 1 nitrogen and oxygen atoms in total. The number of rotatable bonds is 2. The van der Waals surface area contributed by atoms with Crippen LogP contribution < -0.4 is 5.32 Å². The Morgan fingerprint density at radius 1 is 1.45 bits per heavy atom. The van der Waals surface area contributed by atoms with Crippen LogP contribution in [0.5, 0.6) is 0 Å². The van der Waals surface area contributed by atoms with E-state index in [9.17, 15) is 0 Å². The third-order valence-electron chi connectivity index (χ3n) is 2.20. The molecule has 0 aliphatic carbocycles. The van der Waals surface area contributed by atoms with Crippen molar-refractivity contribution in [3.63, 3.8) is 0 Å². The summed E-state index contributed by atoms with van der Waals surface area (Å²) in [5, 5.41) is 3.44. The van der Waals surface area contributed by atoms with Crippen LogP contribution in [-0.4, -0.2) is 13.1 Å². The van der Waals surface area contributed by atoms with Crippen LogP contribution in [-0.2, 0) is 0 Å². The van der Waals surface area contributed by atoms with E-state index in [0.717, 1.165) is 11.8 Å². The van der Waals surface area contributed by atoms with Crippen LogP contribution in [0.4, 0.5) is 0 Å². The normalized spacial score (nSPS) is 24.8. The summed E-state index contributed by atoms with van der Waals surface area (Å²) in [6.07, 6.45) is 4.25. The van der Waals surface area contributed by atoms with Crippen LogP contribution in [0.1, 0.15) is 33.1 Å². The zero-order valence-corrected chi connectivity index (χ0v) is 8.41. The summed E-state index contributed by atoms with van der Waals surface area (Å²) in [6.45, 7) is 7.13. The summed E-state index contributed by atoms with van der Waals surface area (Å²) >= 11 is 0. The lowest BCUT2D eigenvalue weighted by atomic mass is 9.91. The Balaban J connectivity index is 0.000001000. The van der Waals surface area contributed by atoms with Crippen molar-refractivity contribution < 1.29 is 0 Å². The summed E-state index contributed by atoms with van der Waals surface area (Å²) in [4.78, 5) is 0. The van der Waals surface area contributed by atoms with Gasteiger partial charge in [-0.25, -0.2) is 0 Å². The standard InChI is InChI=1S/C9H19N.ClH/c1-8(2)6-9-4-3-5-10-7-9;/h8-10H,3-7H2,1-2H3;1H. The van der Waals surface area contributed by atoms with Crippen molar-refractivity contribution in [2.75, 3.05) is 13.1 Å². The molecule has 1 heterocycles. The second-order valence-corrected chi connectivity index (χ2v) is 3.84. The van der Waals surface area contributed by atoms with Gasteiger partial charge in [-0.15, -0.1) is 12.4 Å². The zero-order valence-electron chi connectivity index (χ0n) is 7.60. The van der Waals surface area contributed by atoms with Crippen molar-refractivity contribution in [1.29, 1.82) is 0 Å². The molecule has 0 aromatic carbocycles. The fourth-order valence-electron chi connectivity index (χ4n) is 1.79. The van der Waals surface area contributed by atoms with Gasteiger partial charge in [0.05, 0.1) is 0 Å². The molecule has 1 atom stereocenters. The fraction of sp³-hybridized carbons (Fsp3) is 1.00. The quantitative estimate of drug-likeness (QED) is 0.684. The van der Waals surface area contributed by atoms with Gasteiger partial charge in [0.25, 0.3) is 0 Å². The molecular formula is C9H20ClN. The number of nitrogens with one attached hydrogen (secondary N) is 1. The van der Waals surface area contributed by atoms with E-state index >= 15 is 0 Å². The highest BCUT2D eigenvalue weighted by molar-refractivity contribution is 5.85. The Labute approximate surface area is 76.4 Å². The highest BCUT2D eigenvalue weighted by Crippen LogP contribution is 2.18. The average molecular weight is 178 g/mol. The first-order chi connectivity index (χ1) is 4.79. The maximum Gasteiger partial charge on any atom is -0.00204 e. The maximum atomic E-state index is 3.44. The minimum absolute atomic E-state index is 0. The smallest absolute Gasteiger partial charge is 0.00204 e. The molecule has 2 heteroatoms. The molecule has 1 saturated heterocycles. The molecule has 0 aromatic rings. The Kier molecular flexibility index (Phi) is 5.98. The van der Waals surface area contributed by atoms with Gasteiger partial charge in [0.2, 0.25) is 0 Å². The highest BCUT2D eigenvalue weighted by Gasteiger charge is 2.13. The van der Waals surface area contributed by atoms with E-state index in [-0.39, 0.29) is 12.4 Å². The van der Waals surface area contributed by atoms with Crippen molar-refractivity contribution in [3.05, 3.63) is 0 Å². The van der Waals surface area contributed by atoms with Gasteiger partial charge in [-0.2, -0.15) is 0 Å².